The van der Waals surface area contributed by atoms with Crippen LogP contribution in [0, 0.1) is 6.92 Å². The van der Waals surface area contributed by atoms with Gasteiger partial charge < -0.3 is 11.1 Å². The first-order valence-electron chi connectivity index (χ1n) is 7.07. The van der Waals surface area contributed by atoms with Gasteiger partial charge in [-0.2, -0.15) is 0 Å². The highest BCUT2D eigenvalue weighted by Crippen LogP contribution is 2.21. The van der Waals surface area contributed by atoms with Crippen molar-refractivity contribution in [3.63, 3.8) is 0 Å². The summed E-state index contributed by atoms with van der Waals surface area (Å²) in [5.41, 5.74) is 7.48. The first-order chi connectivity index (χ1) is 11.3. The van der Waals surface area contributed by atoms with Crippen LogP contribution in [0.1, 0.15) is 12.5 Å². The molecule has 0 spiro atoms. The monoisotopic (exact) mass is 345 g/mol. The van der Waals surface area contributed by atoms with Gasteiger partial charge in [-0.3, -0.25) is 14.4 Å². The van der Waals surface area contributed by atoms with Crippen molar-refractivity contribution in [3.8, 4) is 0 Å². The van der Waals surface area contributed by atoms with Crippen LogP contribution in [0.3, 0.4) is 0 Å². The number of nitrogens with two attached hydrogens (primary N) is 1. The van der Waals surface area contributed by atoms with Gasteiger partial charge in [0.25, 0.3) is 0 Å². The fraction of sp³-hybridized carbons (Fsp3) is 0.118. The molecular weight excluding hydrogens is 330 g/mol. The third-order valence-corrected chi connectivity index (χ3v) is 3.54. The van der Waals surface area contributed by atoms with Crippen molar-refractivity contribution in [1.82, 2.24) is 0 Å². The van der Waals surface area contributed by atoms with E-state index in [1.807, 2.05) is 0 Å². The van der Waals surface area contributed by atoms with Crippen LogP contribution in [0.4, 0.5) is 17.1 Å². The molecule has 0 atom stereocenters. The van der Waals surface area contributed by atoms with Crippen molar-refractivity contribution in [2.24, 2.45) is 0 Å². The standard InChI is InChI=1S/C17H16ClN3O3/c1-10-9-12(18)3-8-15(10)20-16(23)17(24)21(11(2)22)14-6-4-13(19)5-7-14/h3-9H,19H2,1-2H3,(H,20,23). The molecule has 0 saturated carbocycles. The minimum absolute atomic E-state index is 0.268. The molecule has 0 radical (unpaired) electrons. The largest absolute Gasteiger partial charge is 0.399 e. The summed E-state index contributed by atoms with van der Waals surface area (Å²) in [6, 6.07) is 10.9. The third kappa shape index (κ3) is 3.91. The van der Waals surface area contributed by atoms with Gasteiger partial charge in [0.2, 0.25) is 5.91 Å². The molecule has 0 fully saturated rings. The van der Waals surface area contributed by atoms with Crippen LogP contribution in [0.15, 0.2) is 42.5 Å². The molecule has 0 heterocycles. The summed E-state index contributed by atoms with van der Waals surface area (Å²) in [6.07, 6.45) is 0. The molecule has 0 aliphatic carbocycles. The summed E-state index contributed by atoms with van der Waals surface area (Å²) in [5.74, 6) is -2.48. The molecule has 24 heavy (non-hydrogen) atoms. The number of carbonyl (C=O) groups is 3. The maximum Gasteiger partial charge on any atom is 0.323 e. The molecule has 2 aromatic carbocycles. The average molecular weight is 346 g/mol. The highest BCUT2D eigenvalue weighted by atomic mass is 35.5. The Hall–Kier alpha value is -2.86. The number of benzene rings is 2. The lowest BCUT2D eigenvalue weighted by Gasteiger charge is -2.19. The Morgan fingerprint density at radius 2 is 1.71 bits per heavy atom. The molecule has 0 unspecified atom stereocenters. The average Bonchev–Trinajstić information content (AvgIpc) is 2.51. The van der Waals surface area contributed by atoms with Crippen LogP contribution < -0.4 is 16.0 Å². The maximum atomic E-state index is 12.4. The zero-order chi connectivity index (χ0) is 17.9. The number of aryl methyl sites for hydroxylation is 1. The lowest BCUT2D eigenvalue weighted by Crippen LogP contribution is -2.42. The smallest absolute Gasteiger partial charge is 0.323 e. The SMILES string of the molecule is CC(=O)N(C(=O)C(=O)Nc1ccc(Cl)cc1C)c1ccc(N)cc1. The molecule has 0 saturated heterocycles. The number of imide groups is 1. The second-order valence-electron chi connectivity index (χ2n) is 5.16. The normalized spacial score (nSPS) is 10.1. The Labute approximate surface area is 144 Å². The van der Waals surface area contributed by atoms with E-state index in [1.54, 1.807) is 37.3 Å². The number of carbonyl (C=O) groups excluding carboxylic acids is 3. The van der Waals surface area contributed by atoms with Crippen molar-refractivity contribution < 1.29 is 14.4 Å². The molecule has 2 aromatic rings. The van der Waals surface area contributed by atoms with Crippen molar-refractivity contribution >= 4 is 46.4 Å². The van der Waals surface area contributed by atoms with Crippen molar-refractivity contribution in [1.29, 1.82) is 0 Å². The van der Waals surface area contributed by atoms with E-state index in [1.165, 1.54) is 19.1 Å². The van der Waals surface area contributed by atoms with E-state index in [9.17, 15) is 14.4 Å². The highest BCUT2D eigenvalue weighted by molar-refractivity contribution is 6.48. The number of hydrogen-bond donors (Lipinski definition) is 2. The molecule has 6 nitrogen and oxygen atoms in total. The van der Waals surface area contributed by atoms with Gasteiger partial charge in [0.05, 0.1) is 5.69 Å². The molecule has 3 N–H and O–H groups in total. The van der Waals surface area contributed by atoms with Crippen LogP contribution in [0.5, 0.6) is 0 Å². The van der Waals surface area contributed by atoms with Gasteiger partial charge in [0.1, 0.15) is 0 Å². The van der Waals surface area contributed by atoms with E-state index in [0.717, 1.165) is 4.90 Å². The van der Waals surface area contributed by atoms with E-state index < -0.39 is 17.7 Å². The summed E-state index contributed by atoms with van der Waals surface area (Å²) in [6.45, 7) is 2.95. The van der Waals surface area contributed by atoms with Crippen molar-refractivity contribution in [3.05, 3.63) is 53.1 Å². The highest BCUT2D eigenvalue weighted by Gasteiger charge is 2.27. The predicted molar refractivity (Wildman–Crippen MR) is 93.8 cm³/mol. The minimum atomic E-state index is -0.985. The van der Waals surface area contributed by atoms with E-state index in [0.29, 0.717) is 22.0 Å². The van der Waals surface area contributed by atoms with Gasteiger partial charge in [-0.05, 0) is 55.0 Å². The molecular formula is C17H16ClN3O3. The Morgan fingerprint density at radius 3 is 2.25 bits per heavy atom. The van der Waals surface area contributed by atoms with Gasteiger partial charge in [0.15, 0.2) is 0 Å². The predicted octanol–water partition coefficient (Wildman–Crippen LogP) is 2.75. The molecule has 2 rings (SSSR count). The first kappa shape index (κ1) is 17.5. The first-order valence-corrected chi connectivity index (χ1v) is 7.45. The number of nitrogens with one attached hydrogen (secondary N) is 1. The zero-order valence-corrected chi connectivity index (χ0v) is 13.9. The molecule has 3 amide bonds. The van der Waals surface area contributed by atoms with Gasteiger partial charge in [-0.15, -0.1) is 0 Å². The number of nitrogens with zero attached hydrogens (tertiary/aromatic N) is 1. The van der Waals surface area contributed by atoms with Crippen LogP contribution in [0.2, 0.25) is 5.02 Å². The summed E-state index contributed by atoms with van der Waals surface area (Å²) in [4.78, 5) is 37.2. The number of anilines is 3. The van der Waals surface area contributed by atoms with E-state index in [-0.39, 0.29) is 5.69 Å². The maximum absolute atomic E-state index is 12.4. The Kier molecular flexibility index (Phi) is 5.21. The van der Waals surface area contributed by atoms with E-state index >= 15 is 0 Å². The lowest BCUT2D eigenvalue weighted by atomic mass is 10.2. The molecule has 7 heteroatoms. The second-order valence-corrected chi connectivity index (χ2v) is 5.60. The Bertz CT molecular complexity index is 803. The number of halogens is 1. The summed E-state index contributed by atoms with van der Waals surface area (Å²) >= 11 is 5.86. The van der Waals surface area contributed by atoms with Gasteiger partial charge in [-0.1, -0.05) is 11.6 Å². The van der Waals surface area contributed by atoms with Crippen LogP contribution in [-0.4, -0.2) is 17.7 Å². The molecule has 0 bridgehead atoms. The van der Waals surface area contributed by atoms with Crippen LogP contribution in [-0.2, 0) is 14.4 Å². The lowest BCUT2D eigenvalue weighted by molar-refractivity contribution is -0.136. The van der Waals surface area contributed by atoms with Crippen LogP contribution in [0.25, 0.3) is 0 Å². The number of nitrogen functional groups attached to an aromatic ring is 1. The summed E-state index contributed by atoms with van der Waals surface area (Å²) < 4.78 is 0. The van der Waals surface area contributed by atoms with Crippen LogP contribution >= 0.6 is 11.6 Å². The van der Waals surface area contributed by atoms with Gasteiger partial charge >= 0.3 is 11.8 Å². The third-order valence-electron chi connectivity index (χ3n) is 3.30. The number of hydrogen-bond acceptors (Lipinski definition) is 4. The molecule has 0 aliphatic heterocycles. The van der Waals surface area contributed by atoms with E-state index in [2.05, 4.69) is 5.32 Å². The Balaban J connectivity index is 2.24. The topological polar surface area (TPSA) is 92.5 Å². The van der Waals surface area contributed by atoms with Gasteiger partial charge in [-0.25, -0.2) is 4.90 Å². The fourth-order valence-corrected chi connectivity index (χ4v) is 2.34. The summed E-state index contributed by atoms with van der Waals surface area (Å²) in [7, 11) is 0. The Morgan fingerprint density at radius 1 is 1.08 bits per heavy atom. The number of amides is 3. The van der Waals surface area contributed by atoms with Gasteiger partial charge in [0, 0.05) is 23.3 Å². The van der Waals surface area contributed by atoms with E-state index in [4.69, 9.17) is 17.3 Å². The number of rotatable bonds is 2. The molecule has 0 aromatic heterocycles. The van der Waals surface area contributed by atoms with Crippen molar-refractivity contribution in [2.45, 2.75) is 13.8 Å². The summed E-state index contributed by atoms with van der Waals surface area (Å²) in [5, 5.41) is 3.01. The quantitative estimate of drug-likeness (QED) is 0.646. The fourth-order valence-electron chi connectivity index (χ4n) is 2.11. The minimum Gasteiger partial charge on any atom is -0.399 e. The zero-order valence-electron chi connectivity index (χ0n) is 13.2. The molecule has 0 aliphatic rings. The molecule has 124 valence electrons. The second kappa shape index (κ2) is 7.14. The van der Waals surface area contributed by atoms with Crippen molar-refractivity contribution in [2.75, 3.05) is 16.0 Å².